The van der Waals surface area contributed by atoms with E-state index in [0.717, 1.165) is 11.4 Å². The highest BCUT2D eigenvalue weighted by Crippen LogP contribution is 2.51. The van der Waals surface area contributed by atoms with Gasteiger partial charge in [0.2, 0.25) is 0 Å². The fourth-order valence-corrected chi connectivity index (χ4v) is 7.26. The second kappa shape index (κ2) is 7.57. The normalized spacial score (nSPS) is 16.3. The number of nitrogens with zero attached hydrogens (tertiary/aromatic N) is 2. The highest BCUT2D eigenvalue weighted by Gasteiger charge is 2.39. The molecule has 0 unspecified atom stereocenters. The van der Waals surface area contributed by atoms with Gasteiger partial charge in [0.15, 0.2) is 0 Å². The lowest BCUT2D eigenvalue weighted by molar-refractivity contribution is 0.660. The lowest BCUT2D eigenvalue weighted by atomic mass is 9.78. The van der Waals surface area contributed by atoms with Gasteiger partial charge >= 0.3 is 0 Å². The minimum atomic E-state index is -0.242. The molecule has 2 heteroatoms. The van der Waals surface area contributed by atoms with E-state index in [1.54, 1.807) is 0 Å². The van der Waals surface area contributed by atoms with Crippen LogP contribution in [0, 0.1) is 0 Å². The first-order valence-corrected chi connectivity index (χ1v) is 13.8. The minimum Gasteiger partial charge on any atom is -0.309 e. The van der Waals surface area contributed by atoms with E-state index in [1.165, 1.54) is 60.9 Å². The molecule has 2 aliphatic rings. The Balaban J connectivity index is 1.43. The third-order valence-corrected chi connectivity index (χ3v) is 9.14. The Kier molecular flexibility index (Phi) is 4.38. The molecule has 6 aromatic rings. The number of hydrogen-bond donors (Lipinski definition) is 0. The first-order valence-electron chi connectivity index (χ1n) is 13.8. The van der Waals surface area contributed by atoms with Crippen molar-refractivity contribution in [2.45, 2.75) is 38.5 Å². The zero-order valence-electron chi connectivity index (χ0n) is 22.8. The van der Waals surface area contributed by atoms with Crippen LogP contribution in [-0.4, -0.2) is 10.3 Å². The second-order valence-electron chi connectivity index (χ2n) is 12.1. The van der Waals surface area contributed by atoms with Gasteiger partial charge in [0, 0.05) is 32.9 Å². The van der Waals surface area contributed by atoms with Crippen LogP contribution < -0.4 is 0 Å². The first kappa shape index (κ1) is 22.5. The summed E-state index contributed by atoms with van der Waals surface area (Å²) >= 11 is 0. The lowest BCUT2D eigenvalue weighted by Gasteiger charge is -2.25. The SMILES string of the molecule is CC1(C)C(c2ccccc2)=Nc2ccc3c4ccccc4n(-c4ccc5c(c4)C(C)(C)c4ccccc4-5)c3c21. The summed E-state index contributed by atoms with van der Waals surface area (Å²) in [6, 6.07) is 39.9. The summed E-state index contributed by atoms with van der Waals surface area (Å²) in [5.41, 5.74) is 13.6. The van der Waals surface area contributed by atoms with E-state index in [0.29, 0.717) is 0 Å². The van der Waals surface area contributed by atoms with Gasteiger partial charge in [-0.3, -0.25) is 4.99 Å². The largest absolute Gasteiger partial charge is 0.309 e. The number of hydrogen-bond acceptors (Lipinski definition) is 1. The molecule has 39 heavy (non-hydrogen) atoms. The fourth-order valence-electron chi connectivity index (χ4n) is 7.26. The van der Waals surface area contributed by atoms with E-state index >= 15 is 0 Å². The molecule has 0 amide bonds. The Morgan fingerprint density at radius 3 is 2.15 bits per heavy atom. The quantitative estimate of drug-likeness (QED) is 0.224. The Morgan fingerprint density at radius 1 is 0.590 bits per heavy atom. The standard InChI is InChI=1S/C37H30N2/c1-36(2)29-16-10-8-14-25(29)26-19-18-24(22-30(26)36)39-32-17-11-9-15-27(32)28-20-21-31-33(34(28)39)37(3,4)35(38-31)23-12-6-5-7-13-23/h5-22H,1-4H3. The summed E-state index contributed by atoms with van der Waals surface area (Å²) in [6.45, 7) is 9.37. The van der Waals surface area contributed by atoms with Crippen LogP contribution in [0.2, 0.25) is 0 Å². The zero-order chi connectivity index (χ0) is 26.5. The summed E-state index contributed by atoms with van der Waals surface area (Å²) in [5.74, 6) is 0. The van der Waals surface area contributed by atoms with Crippen LogP contribution >= 0.6 is 0 Å². The summed E-state index contributed by atoms with van der Waals surface area (Å²) < 4.78 is 2.49. The minimum absolute atomic E-state index is 0.0501. The van der Waals surface area contributed by atoms with Crippen molar-refractivity contribution in [1.82, 2.24) is 4.57 Å². The van der Waals surface area contributed by atoms with Crippen molar-refractivity contribution in [3.8, 4) is 16.8 Å². The summed E-state index contributed by atoms with van der Waals surface area (Å²) in [7, 11) is 0. The Bertz CT molecular complexity index is 2000. The molecule has 0 spiro atoms. The summed E-state index contributed by atoms with van der Waals surface area (Å²) in [4.78, 5) is 5.24. The predicted molar refractivity (Wildman–Crippen MR) is 164 cm³/mol. The Morgan fingerprint density at radius 2 is 1.31 bits per heavy atom. The Labute approximate surface area is 229 Å². The number of benzene rings is 5. The van der Waals surface area contributed by atoms with E-state index in [2.05, 4.69) is 141 Å². The molecule has 8 rings (SSSR count). The van der Waals surface area contributed by atoms with Crippen LogP contribution in [-0.2, 0) is 10.8 Å². The van der Waals surface area contributed by atoms with Crippen LogP contribution in [0.4, 0.5) is 5.69 Å². The van der Waals surface area contributed by atoms with Gasteiger partial charge in [-0.2, -0.15) is 0 Å². The van der Waals surface area contributed by atoms with Gasteiger partial charge in [-0.15, -0.1) is 0 Å². The Hall–Kier alpha value is -4.43. The van der Waals surface area contributed by atoms with Crippen LogP contribution in [0.15, 0.2) is 114 Å². The van der Waals surface area contributed by atoms with Crippen molar-refractivity contribution in [2.75, 3.05) is 0 Å². The van der Waals surface area contributed by atoms with E-state index in [4.69, 9.17) is 4.99 Å². The predicted octanol–water partition coefficient (Wildman–Crippen LogP) is 9.50. The highest BCUT2D eigenvalue weighted by atomic mass is 15.0. The molecule has 188 valence electrons. The molecule has 2 heterocycles. The van der Waals surface area contributed by atoms with Crippen molar-refractivity contribution in [3.05, 3.63) is 131 Å². The van der Waals surface area contributed by atoms with Gasteiger partial charge in [-0.25, -0.2) is 0 Å². The maximum absolute atomic E-state index is 5.24. The second-order valence-corrected chi connectivity index (χ2v) is 12.1. The average molecular weight is 503 g/mol. The van der Waals surface area contributed by atoms with Gasteiger partial charge in [0.1, 0.15) is 0 Å². The van der Waals surface area contributed by atoms with Crippen LogP contribution in [0.25, 0.3) is 38.6 Å². The fraction of sp³-hybridized carbons (Fsp3) is 0.162. The smallest absolute Gasteiger partial charge is 0.0696 e. The van der Waals surface area contributed by atoms with Crippen molar-refractivity contribution in [1.29, 1.82) is 0 Å². The van der Waals surface area contributed by atoms with Crippen LogP contribution in [0.1, 0.15) is 49.9 Å². The van der Waals surface area contributed by atoms with E-state index in [-0.39, 0.29) is 10.8 Å². The monoisotopic (exact) mass is 502 g/mol. The topological polar surface area (TPSA) is 17.3 Å². The highest BCUT2D eigenvalue weighted by molar-refractivity contribution is 6.19. The number of rotatable bonds is 2. The van der Waals surface area contributed by atoms with Gasteiger partial charge in [-0.05, 0) is 65.9 Å². The molecule has 1 aliphatic heterocycles. The molecule has 0 saturated heterocycles. The molecule has 0 N–H and O–H groups in total. The maximum atomic E-state index is 5.24. The molecule has 0 fully saturated rings. The number of fused-ring (bicyclic) bond motifs is 8. The van der Waals surface area contributed by atoms with Gasteiger partial charge in [-0.1, -0.05) is 98.8 Å². The molecule has 2 nitrogen and oxygen atoms in total. The lowest BCUT2D eigenvalue weighted by Crippen LogP contribution is -2.27. The molecular weight excluding hydrogens is 472 g/mol. The van der Waals surface area contributed by atoms with Gasteiger partial charge in [0.05, 0.1) is 22.4 Å². The molecule has 0 bridgehead atoms. The number of aromatic nitrogens is 1. The zero-order valence-corrected chi connectivity index (χ0v) is 22.8. The number of aliphatic imine (C=N–C) groups is 1. The molecule has 0 atom stereocenters. The molecule has 0 saturated carbocycles. The van der Waals surface area contributed by atoms with Gasteiger partial charge < -0.3 is 4.57 Å². The van der Waals surface area contributed by atoms with Crippen LogP contribution in [0.5, 0.6) is 0 Å². The third-order valence-electron chi connectivity index (χ3n) is 9.14. The molecule has 0 radical (unpaired) electrons. The van der Waals surface area contributed by atoms with E-state index in [1.807, 2.05) is 0 Å². The van der Waals surface area contributed by atoms with E-state index < -0.39 is 0 Å². The summed E-state index contributed by atoms with van der Waals surface area (Å²) in [6.07, 6.45) is 0. The van der Waals surface area contributed by atoms with Crippen molar-refractivity contribution in [2.24, 2.45) is 4.99 Å². The van der Waals surface area contributed by atoms with Crippen molar-refractivity contribution >= 4 is 33.2 Å². The van der Waals surface area contributed by atoms with Crippen LogP contribution in [0.3, 0.4) is 0 Å². The van der Waals surface area contributed by atoms with Gasteiger partial charge in [0.25, 0.3) is 0 Å². The maximum Gasteiger partial charge on any atom is 0.0696 e. The van der Waals surface area contributed by atoms with Crippen molar-refractivity contribution < 1.29 is 0 Å². The molecule has 5 aromatic carbocycles. The average Bonchev–Trinajstić information content (AvgIpc) is 3.52. The molecule has 1 aliphatic carbocycles. The molecular formula is C37H30N2. The molecule has 1 aromatic heterocycles. The van der Waals surface area contributed by atoms with E-state index in [9.17, 15) is 0 Å². The van der Waals surface area contributed by atoms with Crippen molar-refractivity contribution in [3.63, 3.8) is 0 Å². The first-order chi connectivity index (χ1) is 18.9. The summed E-state index contributed by atoms with van der Waals surface area (Å²) in [5, 5.41) is 2.56. The third kappa shape index (κ3) is 2.89. The number of para-hydroxylation sites is 1.